The number of benzene rings is 1. The summed E-state index contributed by atoms with van der Waals surface area (Å²) in [6.07, 6.45) is 8.73. The zero-order valence-electron chi connectivity index (χ0n) is 20.3. The third-order valence-corrected chi connectivity index (χ3v) is 8.31. The fourth-order valence-corrected chi connectivity index (χ4v) is 6.11. The molecule has 0 fully saturated rings. The van der Waals surface area contributed by atoms with Crippen LogP contribution in [0.5, 0.6) is 5.75 Å². The van der Waals surface area contributed by atoms with Gasteiger partial charge in [-0.05, 0) is 61.9 Å². The fourth-order valence-electron chi connectivity index (χ4n) is 4.15. The Balaban J connectivity index is 1.37. The summed E-state index contributed by atoms with van der Waals surface area (Å²) in [5, 5.41) is 22.7. The maximum atomic E-state index is 12.7. The largest absolute Gasteiger partial charge is 0.494 e. The quantitative estimate of drug-likeness (QED) is 0.282. The summed E-state index contributed by atoms with van der Waals surface area (Å²) in [7, 11) is 1.90. The number of nitriles is 1. The second-order valence-electron chi connectivity index (χ2n) is 8.66. The highest BCUT2D eigenvalue weighted by Gasteiger charge is 2.21. The van der Waals surface area contributed by atoms with Crippen molar-refractivity contribution in [2.75, 3.05) is 17.7 Å². The van der Waals surface area contributed by atoms with E-state index in [1.165, 1.54) is 29.5 Å². The van der Waals surface area contributed by atoms with Gasteiger partial charge in [-0.3, -0.25) is 4.79 Å². The second kappa shape index (κ2) is 12.2. The molecule has 0 aliphatic heterocycles. The third-order valence-electron chi connectivity index (χ3n) is 6.08. The third kappa shape index (κ3) is 6.24. The number of unbranched alkanes of at least 4 members (excludes halogenated alkanes) is 1. The minimum atomic E-state index is -0.140. The molecule has 2 heterocycles. The number of aryl methyl sites for hydroxylation is 1. The van der Waals surface area contributed by atoms with Crippen molar-refractivity contribution in [1.29, 1.82) is 5.26 Å². The Morgan fingerprint density at radius 2 is 1.97 bits per heavy atom. The average molecular weight is 510 g/mol. The first-order valence-electron chi connectivity index (χ1n) is 12.2. The van der Waals surface area contributed by atoms with Crippen LogP contribution in [0.25, 0.3) is 11.4 Å². The first-order valence-corrected chi connectivity index (χ1v) is 14.0. The van der Waals surface area contributed by atoms with E-state index in [2.05, 4.69) is 28.5 Å². The molecule has 0 saturated carbocycles. The van der Waals surface area contributed by atoms with Crippen molar-refractivity contribution in [3.05, 3.63) is 40.3 Å². The predicted molar refractivity (Wildman–Crippen MR) is 141 cm³/mol. The number of anilines is 1. The Morgan fingerprint density at radius 1 is 1.20 bits per heavy atom. The van der Waals surface area contributed by atoms with E-state index in [9.17, 15) is 10.1 Å². The maximum Gasteiger partial charge on any atom is 0.235 e. The number of aromatic nitrogens is 3. The Hall–Kier alpha value is -2.83. The van der Waals surface area contributed by atoms with Crippen molar-refractivity contribution in [3.63, 3.8) is 0 Å². The van der Waals surface area contributed by atoms with Crippen LogP contribution in [0.1, 0.15) is 61.5 Å². The highest BCUT2D eigenvalue weighted by Crippen LogP contribution is 2.36. The number of hydrogen-bond acceptors (Lipinski definition) is 7. The average Bonchev–Trinajstić information content (AvgIpc) is 3.37. The summed E-state index contributed by atoms with van der Waals surface area (Å²) in [6.45, 7) is 2.85. The molecule has 1 aliphatic rings. The van der Waals surface area contributed by atoms with E-state index in [4.69, 9.17) is 4.74 Å². The second-order valence-corrected chi connectivity index (χ2v) is 10.7. The van der Waals surface area contributed by atoms with Gasteiger partial charge in [-0.25, -0.2) is 0 Å². The molecule has 0 spiro atoms. The molecule has 1 aliphatic carbocycles. The lowest BCUT2D eigenvalue weighted by molar-refractivity contribution is -0.113. The smallest absolute Gasteiger partial charge is 0.235 e. The zero-order chi connectivity index (χ0) is 24.6. The molecular formula is C26H31N5O2S2. The molecular weight excluding hydrogens is 478 g/mol. The SMILES string of the molecule is CCCCOc1ccc(-c2nnc(SCC(=O)Nc3sc4c(c3C#N)CCCCCC4)n2C)cc1. The number of hydrogen-bond donors (Lipinski definition) is 1. The van der Waals surface area contributed by atoms with E-state index in [-0.39, 0.29) is 11.7 Å². The molecule has 4 rings (SSSR count). The van der Waals surface area contributed by atoms with Crippen molar-refractivity contribution in [1.82, 2.24) is 14.8 Å². The van der Waals surface area contributed by atoms with Crippen LogP contribution in [0.3, 0.4) is 0 Å². The number of carbonyl (C=O) groups excluding carboxylic acids is 1. The molecule has 0 unspecified atom stereocenters. The van der Waals surface area contributed by atoms with Gasteiger partial charge in [0.15, 0.2) is 11.0 Å². The summed E-state index contributed by atoms with van der Waals surface area (Å²) in [5.74, 6) is 1.63. The lowest BCUT2D eigenvalue weighted by atomic mass is 9.97. The minimum Gasteiger partial charge on any atom is -0.494 e. The molecule has 0 bridgehead atoms. The van der Waals surface area contributed by atoms with Crippen LogP contribution < -0.4 is 10.1 Å². The fraction of sp³-hybridized carbons (Fsp3) is 0.462. The van der Waals surface area contributed by atoms with Gasteiger partial charge in [-0.1, -0.05) is 37.9 Å². The maximum absolute atomic E-state index is 12.7. The Morgan fingerprint density at radius 3 is 2.71 bits per heavy atom. The van der Waals surface area contributed by atoms with E-state index in [0.29, 0.717) is 22.3 Å². The van der Waals surface area contributed by atoms with Crippen molar-refractivity contribution in [3.8, 4) is 23.2 Å². The molecule has 1 aromatic carbocycles. The first-order chi connectivity index (χ1) is 17.1. The number of nitrogens with zero attached hydrogens (tertiary/aromatic N) is 4. The highest BCUT2D eigenvalue weighted by atomic mass is 32.2. The summed E-state index contributed by atoms with van der Waals surface area (Å²) in [5.41, 5.74) is 2.72. The number of thiophene rings is 1. The highest BCUT2D eigenvalue weighted by molar-refractivity contribution is 7.99. The predicted octanol–water partition coefficient (Wildman–Crippen LogP) is 5.98. The van der Waals surface area contributed by atoms with Crippen LogP contribution in [0.2, 0.25) is 0 Å². The van der Waals surface area contributed by atoms with Crippen LogP contribution in [-0.2, 0) is 24.7 Å². The number of carbonyl (C=O) groups is 1. The first kappa shape index (κ1) is 25.3. The molecule has 9 heteroatoms. The molecule has 3 aromatic rings. The lowest BCUT2D eigenvalue weighted by Gasteiger charge is -2.08. The van der Waals surface area contributed by atoms with Gasteiger partial charge in [0.25, 0.3) is 0 Å². The molecule has 1 N–H and O–H groups in total. The summed E-state index contributed by atoms with van der Waals surface area (Å²) < 4.78 is 7.62. The molecule has 7 nitrogen and oxygen atoms in total. The van der Waals surface area contributed by atoms with Gasteiger partial charge in [-0.15, -0.1) is 21.5 Å². The van der Waals surface area contributed by atoms with Gasteiger partial charge in [0.2, 0.25) is 5.91 Å². The van der Waals surface area contributed by atoms with E-state index >= 15 is 0 Å². The number of amides is 1. The topological polar surface area (TPSA) is 92.8 Å². The van der Waals surface area contributed by atoms with Crippen LogP contribution in [0.15, 0.2) is 29.4 Å². The molecule has 1 amide bonds. The van der Waals surface area contributed by atoms with Crippen LogP contribution >= 0.6 is 23.1 Å². The molecule has 2 aromatic heterocycles. The van der Waals surface area contributed by atoms with Gasteiger partial charge in [0.1, 0.15) is 16.8 Å². The zero-order valence-corrected chi connectivity index (χ0v) is 21.9. The molecule has 184 valence electrons. The van der Waals surface area contributed by atoms with Gasteiger partial charge in [0.05, 0.1) is 17.9 Å². The number of fused-ring (bicyclic) bond motifs is 1. The van der Waals surface area contributed by atoms with E-state index < -0.39 is 0 Å². The van der Waals surface area contributed by atoms with Gasteiger partial charge in [0, 0.05) is 17.5 Å². The van der Waals surface area contributed by atoms with Crippen LogP contribution in [-0.4, -0.2) is 33.0 Å². The summed E-state index contributed by atoms with van der Waals surface area (Å²) in [4.78, 5) is 14.0. The normalized spacial score (nSPS) is 13.4. The van der Waals surface area contributed by atoms with Gasteiger partial charge >= 0.3 is 0 Å². The van der Waals surface area contributed by atoms with E-state index in [1.54, 1.807) is 11.3 Å². The van der Waals surface area contributed by atoms with Crippen molar-refractivity contribution < 1.29 is 9.53 Å². The van der Waals surface area contributed by atoms with E-state index in [1.807, 2.05) is 35.9 Å². The molecule has 35 heavy (non-hydrogen) atoms. The number of ether oxygens (including phenoxy) is 1. The van der Waals surface area contributed by atoms with Gasteiger partial charge < -0.3 is 14.6 Å². The lowest BCUT2D eigenvalue weighted by Crippen LogP contribution is -2.14. The van der Waals surface area contributed by atoms with Crippen molar-refractivity contribution in [2.24, 2.45) is 7.05 Å². The number of thioether (sulfide) groups is 1. The van der Waals surface area contributed by atoms with Crippen molar-refractivity contribution >= 4 is 34.0 Å². The monoisotopic (exact) mass is 509 g/mol. The van der Waals surface area contributed by atoms with Crippen molar-refractivity contribution in [2.45, 2.75) is 63.4 Å². The summed E-state index contributed by atoms with van der Waals surface area (Å²) >= 11 is 2.90. The van der Waals surface area contributed by atoms with Crippen LogP contribution in [0.4, 0.5) is 5.00 Å². The van der Waals surface area contributed by atoms with Gasteiger partial charge in [-0.2, -0.15) is 5.26 Å². The molecule has 0 saturated heterocycles. The Kier molecular flexibility index (Phi) is 8.83. The van der Waals surface area contributed by atoms with Crippen LogP contribution in [0, 0.1) is 11.3 Å². The van der Waals surface area contributed by atoms with E-state index in [0.717, 1.165) is 61.2 Å². The number of rotatable bonds is 9. The molecule has 0 radical (unpaired) electrons. The minimum absolute atomic E-state index is 0.140. The Labute approximate surface area is 214 Å². The number of nitrogens with one attached hydrogen (secondary N) is 1. The summed E-state index contributed by atoms with van der Waals surface area (Å²) in [6, 6.07) is 10.2. The molecule has 0 atom stereocenters. The standard InChI is InChI=1S/C26H31N5O2S2/c1-3-4-15-33-19-13-11-18(12-14-19)24-29-30-26(31(24)2)34-17-23(32)28-25-21(16-27)20-9-7-5-6-8-10-22(20)35-25/h11-14H,3-10,15,17H2,1-2H3,(H,28,32). The Bertz CT molecular complexity index is 1190.